The van der Waals surface area contributed by atoms with Gasteiger partial charge in [0.05, 0.1) is 17.0 Å². The van der Waals surface area contributed by atoms with Crippen molar-refractivity contribution in [3.63, 3.8) is 0 Å². The molecular formula is C23H19F3N4. The van der Waals surface area contributed by atoms with Crippen molar-refractivity contribution in [1.29, 1.82) is 0 Å². The Morgan fingerprint density at radius 3 is 2.07 bits per heavy atom. The maximum Gasteiger partial charge on any atom is 0.416 e. The second kappa shape index (κ2) is 7.67. The summed E-state index contributed by atoms with van der Waals surface area (Å²) in [6, 6.07) is 20.4. The van der Waals surface area contributed by atoms with Crippen molar-refractivity contribution in [2.24, 2.45) is 0 Å². The highest BCUT2D eigenvalue weighted by atomic mass is 19.4. The SMILES string of the molecule is CN(C)c1ccc(-c2cc(-c3ccc(C(F)(F)F)cc3)nn2-c2ccccn2)cc1. The third kappa shape index (κ3) is 3.91. The van der Waals surface area contributed by atoms with Crippen LogP contribution >= 0.6 is 0 Å². The molecule has 30 heavy (non-hydrogen) atoms. The van der Waals surface area contributed by atoms with Crippen LogP contribution in [0.2, 0.25) is 0 Å². The first-order valence-electron chi connectivity index (χ1n) is 9.30. The Morgan fingerprint density at radius 2 is 1.50 bits per heavy atom. The zero-order valence-corrected chi connectivity index (χ0v) is 16.4. The third-order valence-electron chi connectivity index (χ3n) is 4.76. The predicted octanol–water partition coefficient (Wildman–Crippen LogP) is 5.69. The van der Waals surface area contributed by atoms with Crippen LogP contribution in [0, 0.1) is 0 Å². The van der Waals surface area contributed by atoms with Crippen LogP contribution in [0.15, 0.2) is 79.0 Å². The molecule has 0 atom stereocenters. The summed E-state index contributed by atoms with van der Waals surface area (Å²) >= 11 is 0. The molecule has 0 unspecified atom stereocenters. The van der Waals surface area contributed by atoms with E-state index in [0.717, 1.165) is 29.1 Å². The van der Waals surface area contributed by atoms with Gasteiger partial charge >= 0.3 is 6.18 Å². The van der Waals surface area contributed by atoms with E-state index in [4.69, 9.17) is 0 Å². The Balaban J connectivity index is 1.80. The number of halogens is 3. The van der Waals surface area contributed by atoms with Crippen LogP contribution in [-0.2, 0) is 6.18 Å². The van der Waals surface area contributed by atoms with Crippen molar-refractivity contribution >= 4 is 5.69 Å². The molecule has 4 nitrogen and oxygen atoms in total. The summed E-state index contributed by atoms with van der Waals surface area (Å²) in [6.07, 6.45) is -2.70. The minimum Gasteiger partial charge on any atom is -0.378 e. The van der Waals surface area contributed by atoms with E-state index in [2.05, 4.69) is 10.1 Å². The van der Waals surface area contributed by atoms with E-state index in [-0.39, 0.29) is 0 Å². The van der Waals surface area contributed by atoms with Crippen molar-refractivity contribution < 1.29 is 13.2 Å². The lowest BCUT2D eigenvalue weighted by molar-refractivity contribution is -0.137. The number of rotatable bonds is 4. The maximum absolute atomic E-state index is 12.9. The lowest BCUT2D eigenvalue weighted by Crippen LogP contribution is -2.08. The van der Waals surface area contributed by atoms with Crippen molar-refractivity contribution in [1.82, 2.24) is 14.8 Å². The topological polar surface area (TPSA) is 34.0 Å². The molecule has 2 heterocycles. The molecule has 0 saturated carbocycles. The van der Waals surface area contributed by atoms with E-state index < -0.39 is 11.7 Å². The van der Waals surface area contributed by atoms with Gasteiger partial charge in [0.15, 0.2) is 5.82 Å². The number of pyridine rings is 1. The van der Waals surface area contributed by atoms with Crippen LogP contribution in [0.5, 0.6) is 0 Å². The Kier molecular flexibility index (Phi) is 5.03. The van der Waals surface area contributed by atoms with Gasteiger partial charge in [0.2, 0.25) is 0 Å². The summed E-state index contributed by atoms with van der Waals surface area (Å²) in [7, 11) is 3.94. The fraction of sp³-hybridized carbons (Fsp3) is 0.130. The molecular weight excluding hydrogens is 389 g/mol. The van der Waals surface area contributed by atoms with Crippen molar-refractivity contribution in [2.45, 2.75) is 6.18 Å². The van der Waals surface area contributed by atoms with Gasteiger partial charge in [0.25, 0.3) is 0 Å². The maximum atomic E-state index is 12.9. The number of hydrogen-bond donors (Lipinski definition) is 0. The van der Waals surface area contributed by atoms with E-state index >= 15 is 0 Å². The smallest absolute Gasteiger partial charge is 0.378 e. The summed E-state index contributed by atoms with van der Waals surface area (Å²) in [5.74, 6) is 0.627. The van der Waals surface area contributed by atoms with Crippen LogP contribution in [0.25, 0.3) is 28.3 Å². The predicted molar refractivity (Wildman–Crippen MR) is 112 cm³/mol. The molecule has 0 saturated heterocycles. The summed E-state index contributed by atoms with van der Waals surface area (Å²) in [5, 5.41) is 4.64. The minimum absolute atomic E-state index is 0.570. The summed E-state index contributed by atoms with van der Waals surface area (Å²) < 4.78 is 40.4. The molecule has 0 aliphatic rings. The molecule has 0 amide bonds. The van der Waals surface area contributed by atoms with Gasteiger partial charge in [-0.15, -0.1) is 0 Å². The Morgan fingerprint density at radius 1 is 0.833 bits per heavy atom. The summed E-state index contributed by atoms with van der Waals surface area (Å²) in [6.45, 7) is 0. The lowest BCUT2D eigenvalue weighted by Gasteiger charge is -2.13. The second-order valence-electron chi connectivity index (χ2n) is 7.03. The molecule has 152 valence electrons. The Labute approximate surface area is 172 Å². The minimum atomic E-state index is -4.37. The van der Waals surface area contributed by atoms with Crippen LogP contribution in [-0.4, -0.2) is 28.9 Å². The lowest BCUT2D eigenvalue weighted by atomic mass is 10.1. The van der Waals surface area contributed by atoms with Gasteiger partial charge in [-0.25, -0.2) is 9.67 Å². The fourth-order valence-corrected chi connectivity index (χ4v) is 3.14. The first kappa shape index (κ1) is 19.7. The number of anilines is 1. The average molecular weight is 408 g/mol. The van der Waals surface area contributed by atoms with Crippen molar-refractivity contribution in [3.05, 3.63) is 84.6 Å². The molecule has 7 heteroatoms. The summed E-state index contributed by atoms with van der Waals surface area (Å²) in [4.78, 5) is 6.39. The van der Waals surface area contributed by atoms with Gasteiger partial charge in [-0.3, -0.25) is 0 Å². The number of nitrogens with zero attached hydrogens (tertiary/aromatic N) is 4. The fourth-order valence-electron chi connectivity index (χ4n) is 3.14. The van der Waals surface area contributed by atoms with Gasteiger partial charge in [0, 0.05) is 37.1 Å². The molecule has 0 fully saturated rings. The van der Waals surface area contributed by atoms with Crippen LogP contribution in [0.4, 0.5) is 18.9 Å². The molecule has 0 bridgehead atoms. The standard InChI is InChI=1S/C23H19F3N4/c1-29(2)19-12-8-17(9-13-19)21-15-20(28-30(21)22-5-3-4-14-27-22)16-6-10-18(11-7-16)23(24,25)26/h3-15H,1-2H3. The molecule has 2 aromatic heterocycles. The van der Waals surface area contributed by atoms with Gasteiger partial charge < -0.3 is 4.90 Å². The Hall–Kier alpha value is -3.61. The van der Waals surface area contributed by atoms with Gasteiger partial charge in [-0.1, -0.05) is 30.3 Å². The van der Waals surface area contributed by atoms with Gasteiger partial charge in [0.1, 0.15) is 0 Å². The highest BCUT2D eigenvalue weighted by molar-refractivity contribution is 5.71. The monoisotopic (exact) mass is 408 g/mol. The van der Waals surface area contributed by atoms with Crippen molar-refractivity contribution in [2.75, 3.05) is 19.0 Å². The zero-order chi connectivity index (χ0) is 21.3. The molecule has 0 aliphatic heterocycles. The van der Waals surface area contributed by atoms with E-state index in [1.165, 1.54) is 12.1 Å². The van der Waals surface area contributed by atoms with Crippen molar-refractivity contribution in [3.8, 4) is 28.3 Å². The van der Waals surface area contributed by atoms with Crippen LogP contribution < -0.4 is 4.90 Å². The molecule has 0 aliphatic carbocycles. The average Bonchev–Trinajstić information content (AvgIpc) is 3.19. The van der Waals surface area contributed by atoms with E-state index in [1.807, 2.05) is 67.5 Å². The molecule has 0 N–H and O–H groups in total. The normalized spacial score (nSPS) is 11.5. The third-order valence-corrected chi connectivity index (χ3v) is 4.76. The largest absolute Gasteiger partial charge is 0.416 e. The zero-order valence-electron chi connectivity index (χ0n) is 16.4. The first-order chi connectivity index (χ1) is 14.3. The molecule has 2 aromatic carbocycles. The number of alkyl halides is 3. The molecule has 0 radical (unpaired) electrons. The van der Waals surface area contributed by atoms with E-state index in [9.17, 15) is 13.2 Å². The van der Waals surface area contributed by atoms with Crippen LogP contribution in [0.3, 0.4) is 0 Å². The number of benzene rings is 2. The van der Waals surface area contributed by atoms with E-state index in [0.29, 0.717) is 17.1 Å². The second-order valence-corrected chi connectivity index (χ2v) is 7.03. The molecule has 4 aromatic rings. The van der Waals surface area contributed by atoms with E-state index in [1.54, 1.807) is 10.9 Å². The first-order valence-corrected chi connectivity index (χ1v) is 9.30. The van der Waals surface area contributed by atoms with Gasteiger partial charge in [-0.2, -0.15) is 18.3 Å². The number of aromatic nitrogens is 3. The number of hydrogen-bond acceptors (Lipinski definition) is 3. The summed E-state index contributed by atoms with van der Waals surface area (Å²) in [5.41, 5.74) is 3.27. The van der Waals surface area contributed by atoms with Crippen LogP contribution in [0.1, 0.15) is 5.56 Å². The molecule has 0 spiro atoms. The quantitative estimate of drug-likeness (QED) is 0.435. The Bertz CT molecular complexity index is 1130. The van der Waals surface area contributed by atoms with Gasteiger partial charge in [-0.05, 0) is 42.5 Å². The molecule has 4 rings (SSSR count). The highest BCUT2D eigenvalue weighted by Gasteiger charge is 2.30. The highest BCUT2D eigenvalue weighted by Crippen LogP contribution is 2.33.